The molecule has 0 spiro atoms. The fourth-order valence-corrected chi connectivity index (χ4v) is 2.09. The Hall–Kier alpha value is -0.770. The Kier molecular flexibility index (Phi) is 5.75. The van der Waals surface area contributed by atoms with Gasteiger partial charge in [0.1, 0.15) is 0 Å². The van der Waals surface area contributed by atoms with Crippen molar-refractivity contribution in [2.75, 3.05) is 19.6 Å². The first-order chi connectivity index (χ1) is 7.99. The van der Waals surface area contributed by atoms with Crippen molar-refractivity contribution in [2.45, 2.75) is 52.6 Å². The molecule has 0 unspecified atom stereocenters. The molecule has 0 bridgehead atoms. The van der Waals surface area contributed by atoms with Crippen molar-refractivity contribution in [1.29, 1.82) is 0 Å². The van der Waals surface area contributed by atoms with Gasteiger partial charge >= 0.3 is 6.03 Å². The molecular formula is C13H31N3O. The van der Waals surface area contributed by atoms with E-state index in [2.05, 4.69) is 43.2 Å². The lowest BCUT2D eigenvalue weighted by Crippen LogP contribution is -2.49. The minimum absolute atomic E-state index is 0. The number of nitrogens with one attached hydrogen (secondary N) is 2. The lowest BCUT2D eigenvalue weighted by atomic mass is 10.0. The second kappa shape index (κ2) is 6.84. The van der Waals surface area contributed by atoms with Crippen LogP contribution >= 0.6 is 0 Å². The average molecular weight is 245 g/mol. The normalized spacial score (nSPS) is 18.7. The van der Waals surface area contributed by atoms with E-state index in [0.717, 1.165) is 32.5 Å². The molecule has 0 aliphatic carbocycles. The second-order valence-electron chi connectivity index (χ2n) is 5.65. The van der Waals surface area contributed by atoms with E-state index in [1.54, 1.807) is 0 Å². The standard InChI is InChI=1S/C13H27N3O.2H2/c1-10(2)9-14-13(17)15-12-5-7-16(8-6-12)11(3)4;;/h10-12H,5-9H2,1-4H3,(H2,14,15,17);2*1H. The maximum Gasteiger partial charge on any atom is 0.315 e. The maximum absolute atomic E-state index is 11.6. The van der Waals surface area contributed by atoms with Gasteiger partial charge in [-0.3, -0.25) is 0 Å². The van der Waals surface area contributed by atoms with Crippen LogP contribution in [0.15, 0.2) is 0 Å². The van der Waals surface area contributed by atoms with E-state index in [4.69, 9.17) is 0 Å². The summed E-state index contributed by atoms with van der Waals surface area (Å²) in [4.78, 5) is 14.1. The number of hydrogen-bond acceptors (Lipinski definition) is 2. The van der Waals surface area contributed by atoms with Gasteiger partial charge < -0.3 is 15.5 Å². The van der Waals surface area contributed by atoms with Crippen molar-refractivity contribution in [3.8, 4) is 0 Å². The van der Waals surface area contributed by atoms with Crippen molar-refractivity contribution < 1.29 is 7.65 Å². The fraction of sp³-hybridized carbons (Fsp3) is 0.923. The number of piperidine rings is 1. The first kappa shape index (κ1) is 14.3. The zero-order valence-electron chi connectivity index (χ0n) is 11.6. The molecule has 0 saturated carbocycles. The lowest BCUT2D eigenvalue weighted by Gasteiger charge is -2.34. The number of carbonyl (C=O) groups is 1. The van der Waals surface area contributed by atoms with Crippen LogP contribution in [0.1, 0.15) is 43.4 Å². The summed E-state index contributed by atoms with van der Waals surface area (Å²) < 4.78 is 0. The lowest BCUT2D eigenvalue weighted by molar-refractivity contribution is 0.161. The Morgan fingerprint density at radius 2 is 1.88 bits per heavy atom. The largest absolute Gasteiger partial charge is 0.338 e. The van der Waals surface area contributed by atoms with Crippen molar-refractivity contribution >= 4 is 6.03 Å². The van der Waals surface area contributed by atoms with Gasteiger partial charge in [0, 0.05) is 34.6 Å². The van der Waals surface area contributed by atoms with Crippen LogP contribution in [0.4, 0.5) is 4.79 Å². The molecule has 0 radical (unpaired) electrons. The van der Waals surface area contributed by atoms with Gasteiger partial charge in [-0.1, -0.05) is 13.8 Å². The molecule has 4 nitrogen and oxygen atoms in total. The van der Waals surface area contributed by atoms with Crippen molar-refractivity contribution in [3.05, 3.63) is 0 Å². The van der Waals surface area contributed by atoms with E-state index in [-0.39, 0.29) is 8.88 Å². The molecule has 1 heterocycles. The Bertz CT molecular complexity index is 242. The summed E-state index contributed by atoms with van der Waals surface area (Å²) in [6, 6.07) is 0.949. The fourth-order valence-electron chi connectivity index (χ4n) is 2.09. The monoisotopic (exact) mass is 245 g/mol. The van der Waals surface area contributed by atoms with Gasteiger partial charge in [-0.25, -0.2) is 4.79 Å². The topological polar surface area (TPSA) is 44.4 Å². The van der Waals surface area contributed by atoms with Gasteiger partial charge in [0.05, 0.1) is 0 Å². The number of nitrogens with zero attached hydrogens (tertiary/aromatic N) is 1. The molecule has 1 aliphatic rings. The summed E-state index contributed by atoms with van der Waals surface area (Å²) in [5, 5.41) is 5.96. The molecule has 0 aromatic carbocycles. The van der Waals surface area contributed by atoms with Gasteiger partial charge in [0.25, 0.3) is 0 Å². The Morgan fingerprint density at radius 3 is 2.35 bits per heavy atom. The summed E-state index contributed by atoms with van der Waals surface area (Å²) in [5.74, 6) is 0.503. The minimum atomic E-state index is -0.0123. The van der Waals surface area contributed by atoms with Gasteiger partial charge in [0.15, 0.2) is 0 Å². The zero-order chi connectivity index (χ0) is 12.8. The molecule has 4 heteroatoms. The minimum Gasteiger partial charge on any atom is -0.338 e. The van der Waals surface area contributed by atoms with Gasteiger partial charge in [-0.15, -0.1) is 0 Å². The highest BCUT2D eigenvalue weighted by molar-refractivity contribution is 5.74. The summed E-state index contributed by atoms with van der Waals surface area (Å²) in [5.41, 5.74) is 0. The summed E-state index contributed by atoms with van der Waals surface area (Å²) in [7, 11) is 0. The van der Waals surface area contributed by atoms with Crippen LogP contribution in [-0.2, 0) is 0 Å². The quantitative estimate of drug-likeness (QED) is 0.798. The van der Waals surface area contributed by atoms with E-state index in [1.807, 2.05) is 0 Å². The SMILES string of the molecule is CC(C)CNC(=O)NC1CCN(C(C)C)CC1.[HH].[HH]. The highest BCUT2D eigenvalue weighted by Crippen LogP contribution is 2.12. The highest BCUT2D eigenvalue weighted by Gasteiger charge is 2.21. The third-order valence-electron chi connectivity index (χ3n) is 3.27. The van der Waals surface area contributed by atoms with Crippen LogP contribution in [-0.4, -0.2) is 42.6 Å². The van der Waals surface area contributed by atoms with E-state index in [9.17, 15) is 4.79 Å². The first-order valence-electron chi connectivity index (χ1n) is 6.77. The van der Waals surface area contributed by atoms with Gasteiger partial charge in [-0.05, 0) is 32.6 Å². The first-order valence-corrected chi connectivity index (χ1v) is 6.77. The van der Waals surface area contributed by atoms with Crippen LogP contribution in [0.3, 0.4) is 0 Å². The molecule has 0 aromatic heterocycles. The molecule has 0 atom stereocenters. The molecule has 2 N–H and O–H groups in total. The van der Waals surface area contributed by atoms with E-state index in [1.165, 1.54) is 0 Å². The van der Waals surface area contributed by atoms with Crippen LogP contribution < -0.4 is 10.6 Å². The molecule has 17 heavy (non-hydrogen) atoms. The van der Waals surface area contributed by atoms with Crippen molar-refractivity contribution in [1.82, 2.24) is 15.5 Å². The van der Waals surface area contributed by atoms with Gasteiger partial charge in [0.2, 0.25) is 0 Å². The van der Waals surface area contributed by atoms with E-state index < -0.39 is 0 Å². The highest BCUT2D eigenvalue weighted by atomic mass is 16.2. The Labute approximate surface area is 108 Å². The average Bonchev–Trinajstić information content (AvgIpc) is 2.27. The molecular weight excluding hydrogens is 214 g/mol. The molecule has 1 fully saturated rings. The number of hydrogen-bond donors (Lipinski definition) is 2. The number of likely N-dealkylation sites (tertiary alicyclic amines) is 1. The number of rotatable bonds is 4. The smallest absolute Gasteiger partial charge is 0.315 e. The molecule has 2 amide bonds. The van der Waals surface area contributed by atoms with Crippen LogP contribution in [0.25, 0.3) is 0 Å². The third kappa shape index (κ3) is 5.39. The van der Waals surface area contributed by atoms with Crippen LogP contribution in [0.5, 0.6) is 0 Å². The summed E-state index contributed by atoms with van der Waals surface area (Å²) in [6.07, 6.45) is 2.13. The maximum atomic E-state index is 11.6. The number of urea groups is 1. The van der Waals surface area contributed by atoms with E-state index >= 15 is 0 Å². The van der Waals surface area contributed by atoms with E-state index in [0.29, 0.717) is 18.0 Å². The summed E-state index contributed by atoms with van der Waals surface area (Å²) >= 11 is 0. The molecule has 1 aliphatic heterocycles. The Balaban J connectivity index is 0. The number of carbonyl (C=O) groups excluding carboxylic acids is 1. The predicted molar refractivity (Wildman–Crippen MR) is 75.3 cm³/mol. The molecule has 104 valence electrons. The van der Waals surface area contributed by atoms with Gasteiger partial charge in [-0.2, -0.15) is 0 Å². The number of amides is 2. The van der Waals surface area contributed by atoms with Crippen molar-refractivity contribution in [2.24, 2.45) is 5.92 Å². The summed E-state index contributed by atoms with van der Waals surface area (Å²) in [6.45, 7) is 11.6. The second-order valence-corrected chi connectivity index (χ2v) is 5.65. The molecule has 1 saturated heterocycles. The van der Waals surface area contributed by atoms with Crippen LogP contribution in [0.2, 0.25) is 0 Å². The molecule has 1 rings (SSSR count). The van der Waals surface area contributed by atoms with Crippen LogP contribution in [0, 0.1) is 5.92 Å². The zero-order valence-corrected chi connectivity index (χ0v) is 11.6. The van der Waals surface area contributed by atoms with Crippen molar-refractivity contribution in [3.63, 3.8) is 0 Å². The third-order valence-corrected chi connectivity index (χ3v) is 3.27. The molecule has 0 aromatic rings. The predicted octanol–water partition coefficient (Wildman–Crippen LogP) is 2.31. The Morgan fingerprint density at radius 1 is 1.29 bits per heavy atom.